The summed E-state index contributed by atoms with van der Waals surface area (Å²) in [5.41, 5.74) is 0.0948. The molecule has 0 fully saturated rings. The summed E-state index contributed by atoms with van der Waals surface area (Å²) in [6.07, 6.45) is -3.00. The van der Waals surface area contributed by atoms with Crippen molar-refractivity contribution < 1.29 is 26.4 Å². The fourth-order valence-corrected chi connectivity index (χ4v) is 3.60. The molecule has 1 amide bonds. The number of anilines is 4. The summed E-state index contributed by atoms with van der Waals surface area (Å²) in [6, 6.07) is 12.6. The third-order valence-corrected chi connectivity index (χ3v) is 6.18. The van der Waals surface area contributed by atoms with Gasteiger partial charge in [0.2, 0.25) is 16.0 Å². The molecule has 0 aliphatic carbocycles. The summed E-state index contributed by atoms with van der Waals surface area (Å²) >= 11 is 0. The first-order valence-electron chi connectivity index (χ1n) is 10.2. The third kappa shape index (κ3) is 6.38. The van der Waals surface area contributed by atoms with E-state index in [4.69, 9.17) is 0 Å². The summed E-state index contributed by atoms with van der Waals surface area (Å²) < 4.78 is 65.7. The van der Waals surface area contributed by atoms with Gasteiger partial charge in [0.05, 0.1) is 35.4 Å². The zero-order valence-corrected chi connectivity index (χ0v) is 19.8. The number of hydrogen-bond donors (Lipinski definition) is 3. The van der Waals surface area contributed by atoms with Crippen molar-refractivity contribution in [2.24, 2.45) is 0 Å². The minimum absolute atomic E-state index is 0.0796. The summed E-state index contributed by atoms with van der Waals surface area (Å²) in [4.78, 5) is 19.5. The molecule has 0 spiro atoms. The van der Waals surface area contributed by atoms with Crippen LogP contribution < -0.4 is 20.3 Å². The van der Waals surface area contributed by atoms with Gasteiger partial charge < -0.3 is 16.0 Å². The number of para-hydroxylation sites is 2. The van der Waals surface area contributed by atoms with Gasteiger partial charge >= 0.3 is 6.18 Å². The third-order valence-electron chi connectivity index (χ3n) is 4.99. The quantitative estimate of drug-likeness (QED) is 0.426. The average molecular weight is 509 g/mol. The second-order valence-electron chi connectivity index (χ2n) is 7.43. The molecule has 1 heterocycles. The molecule has 0 unspecified atom stereocenters. The average Bonchev–Trinajstić information content (AvgIpc) is 2.81. The zero-order valence-electron chi connectivity index (χ0n) is 19.0. The number of carbonyl (C=O) groups excluding carboxylic acids is 1. The molecule has 186 valence electrons. The fourth-order valence-electron chi connectivity index (χ4n) is 3.08. The lowest BCUT2D eigenvalue weighted by Crippen LogP contribution is -2.26. The molecule has 3 aromatic rings. The van der Waals surface area contributed by atoms with Crippen LogP contribution in [0.25, 0.3) is 0 Å². The van der Waals surface area contributed by atoms with Crippen LogP contribution in [0, 0.1) is 0 Å². The van der Waals surface area contributed by atoms with E-state index in [-0.39, 0.29) is 29.8 Å². The van der Waals surface area contributed by atoms with Gasteiger partial charge in [-0.25, -0.2) is 18.4 Å². The van der Waals surface area contributed by atoms with E-state index >= 15 is 0 Å². The number of rotatable bonds is 8. The normalized spacial score (nSPS) is 11.6. The first-order chi connectivity index (χ1) is 16.4. The number of halogens is 3. The fraction of sp³-hybridized carbons (Fsp3) is 0.227. The molecular weight excluding hydrogens is 485 g/mol. The molecule has 9 nitrogen and oxygen atoms in total. The van der Waals surface area contributed by atoms with Gasteiger partial charge in [-0.3, -0.25) is 9.10 Å². The highest BCUT2D eigenvalue weighted by molar-refractivity contribution is 7.92. The van der Waals surface area contributed by atoms with E-state index in [0.29, 0.717) is 23.1 Å². The van der Waals surface area contributed by atoms with Crippen LogP contribution in [0.5, 0.6) is 0 Å². The van der Waals surface area contributed by atoms with E-state index in [1.54, 1.807) is 42.5 Å². The van der Waals surface area contributed by atoms with Gasteiger partial charge in [0.25, 0.3) is 5.91 Å². The maximum Gasteiger partial charge on any atom is 0.419 e. The Bertz CT molecular complexity index is 1310. The van der Waals surface area contributed by atoms with Gasteiger partial charge in [-0.15, -0.1) is 0 Å². The van der Waals surface area contributed by atoms with Crippen LogP contribution in [-0.2, 0) is 22.7 Å². The number of aromatic nitrogens is 2. The molecule has 0 aliphatic heterocycles. The SMILES string of the molecule is CNC(=O)c1ccc(Nc2ncc(C(F)(F)F)c(CNc3ccccc3N(C)S(C)(=O)=O)n2)cc1. The van der Waals surface area contributed by atoms with Crippen molar-refractivity contribution in [3.05, 3.63) is 71.5 Å². The Morgan fingerprint density at radius 3 is 2.34 bits per heavy atom. The molecule has 0 saturated carbocycles. The molecule has 0 atom stereocenters. The van der Waals surface area contributed by atoms with E-state index < -0.39 is 21.8 Å². The molecule has 0 aliphatic rings. The number of benzene rings is 2. The Morgan fingerprint density at radius 2 is 1.74 bits per heavy atom. The first-order valence-corrected chi connectivity index (χ1v) is 12.0. The molecule has 0 bridgehead atoms. The number of carbonyl (C=O) groups is 1. The minimum atomic E-state index is -4.70. The molecule has 0 saturated heterocycles. The van der Waals surface area contributed by atoms with Crippen molar-refractivity contribution in [2.45, 2.75) is 12.7 Å². The lowest BCUT2D eigenvalue weighted by atomic mass is 10.2. The van der Waals surface area contributed by atoms with Crippen molar-refractivity contribution in [1.29, 1.82) is 0 Å². The maximum atomic E-state index is 13.6. The minimum Gasteiger partial charge on any atom is -0.378 e. The van der Waals surface area contributed by atoms with Crippen molar-refractivity contribution >= 4 is 38.9 Å². The van der Waals surface area contributed by atoms with Crippen LogP contribution in [0.2, 0.25) is 0 Å². The molecule has 2 aromatic carbocycles. The molecule has 0 radical (unpaired) electrons. The number of alkyl halides is 3. The molecule has 3 rings (SSSR count). The number of nitrogens with one attached hydrogen (secondary N) is 3. The summed E-state index contributed by atoms with van der Waals surface area (Å²) in [6.45, 7) is -0.351. The Morgan fingerprint density at radius 1 is 1.09 bits per heavy atom. The van der Waals surface area contributed by atoms with Crippen molar-refractivity contribution in [3.63, 3.8) is 0 Å². The second kappa shape index (κ2) is 10.2. The number of nitrogens with zero attached hydrogens (tertiary/aromatic N) is 3. The molecule has 13 heteroatoms. The molecule has 3 N–H and O–H groups in total. The monoisotopic (exact) mass is 508 g/mol. The van der Waals surface area contributed by atoms with E-state index in [2.05, 4.69) is 25.9 Å². The lowest BCUT2D eigenvalue weighted by Gasteiger charge is -2.21. The number of hydrogen-bond acceptors (Lipinski definition) is 7. The molecule has 1 aromatic heterocycles. The highest BCUT2D eigenvalue weighted by Gasteiger charge is 2.35. The van der Waals surface area contributed by atoms with E-state index in [0.717, 1.165) is 10.6 Å². The maximum absolute atomic E-state index is 13.6. The standard InChI is InChI=1S/C22H23F3N6O3S/c1-26-20(32)14-8-10-15(11-9-14)29-21-28-12-16(22(23,24)25)18(30-21)13-27-17-6-4-5-7-19(17)31(2)35(3,33)34/h4-12,27H,13H2,1-3H3,(H,26,32)(H,28,29,30). The Hall–Kier alpha value is -3.87. The van der Waals surface area contributed by atoms with Gasteiger partial charge in [0.15, 0.2) is 0 Å². The topological polar surface area (TPSA) is 116 Å². The zero-order chi connectivity index (χ0) is 25.8. The van der Waals surface area contributed by atoms with Gasteiger partial charge in [-0.05, 0) is 36.4 Å². The second-order valence-corrected chi connectivity index (χ2v) is 9.45. The van der Waals surface area contributed by atoms with Crippen molar-refractivity contribution in [2.75, 3.05) is 35.3 Å². The molecule has 35 heavy (non-hydrogen) atoms. The van der Waals surface area contributed by atoms with Gasteiger partial charge in [-0.1, -0.05) is 12.1 Å². The van der Waals surface area contributed by atoms with Crippen LogP contribution in [0.3, 0.4) is 0 Å². The van der Waals surface area contributed by atoms with E-state index in [1.165, 1.54) is 20.2 Å². The Labute approximate surface area is 200 Å². The first kappa shape index (κ1) is 25.7. The Balaban J connectivity index is 1.88. The van der Waals surface area contributed by atoms with Crippen molar-refractivity contribution in [3.8, 4) is 0 Å². The largest absolute Gasteiger partial charge is 0.419 e. The van der Waals surface area contributed by atoms with Gasteiger partial charge in [-0.2, -0.15) is 13.2 Å². The van der Waals surface area contributed by atoms with Crippen LogP contribution in [0.4, 0.5) is 36.2 Å². The predicted octanol–water partition coefficient (Wildman–Crippen LogP) is 3.61. The van der Waals surface area contributed by atoms with Gasteiger partial charge in [0, 0.05) is 31.5 Å². The highest BCUT2D eigenvalue weighted by Crippen LogP contribution is 2.33. The van der Waals surface area contributed by atoms with Crippen LogP contribution in [0.15, 0.2) is 54.7 Å². The summed E-state index contributed by atoms with van der Waals surface area (Å²) in [5.74, 6) is -0.360. The summed E-state index contributed by atoms with van der Waals surface area (Å²) in [5, 5.41) is 8.15. The van der Waals surface area contributed by atoms with Gasteiger partial charge in [0.1, 0.15) is 0 Å². The smallest absolute Gasteiger partial charge is 0.378 e. The Kier molecular flexibility index (Phi) is 7.48. The van der Waals surface area contributed by atoms with Crippen LogP contribution in [0.1, 0.15) is 21.6 Å². The van der Waals surface area contributed by atoms with Crippen LogP contribution in [-0.4, -0.2) is 44.6 Å². The lowest BCUT2D eigenvalue weighted by molar-refractivity contribution is -0.138. The van der Waals surface area contributed by atoms with E-state index in [9.17, 15) is 26.4 Å². The van der Waals surface area contributed by atoms with Crippen molar-refractivity contribution in [1.82, 2.24) is 15.3 Å². The predicted molar refractivity (Wildman–Crippen MR) is 127 cm³/mol. The number of sulfonamides is 1. The van der Waals surface area contributed by atoms with E-state index in [1.807, 2.05) is 0 Å². The molecular formula is C22H23F3N6O3S. The number of amides is 1. The highest BCUT2D eigenvalue weighted by atomic mass is 32.2. The van der Waals surface area contributed by atoms with Crippen LogP contribution >= 0.6 is 0 Å². The summed E-state index contributed by atoms with van der Waals surface area (Å²) in [7, 11) is -0.748.